The van der Waals surface area contributed by atoms with Crippen LogP contribution < -0.4 is 36.0 Å². The van der Waals surface area contributed by atoms with Crippen LogP contribution in [0, 0.1) is 0 Å². The number of ether oxygens (including phenoxy) is 1. The fraction of sp³-hybridized carbons (Fsp3) is 0. The highest BCUT2D eigenvalue weighted by atomic mass is 32.1. The number of thiophene rings is 1. The molecule has 13 rings (SSSR count). The zero-order chi connectivity index (χ0) is 37.2. The van der Waals surface area contributed by atoms with Crippen LogP contribution in [0.4, 0.5) is 51.2 Å². The molecule has 3 aliphatic heterocycles. The number of nitrogens with zero attached hydrogens (tertiary/aromatic N) is 3. The summed E-state index contributed by atoms with van der Waals surface area (Å²) in [6.07, 6.45) is 0. The van der Waals surface area contributed by atoms with Crippen molar-refractivity contribution < 1.29 is 9.15 Å². The number of benzene rings is 8. The number of fused-ring (bicyclic) bond motifs is 12. The molecule has 2 aromatic heterocycles. The van der Waals surface area contributed by atoms with Crippen molar-refractivity contribution >= 4 is 117 Å². The first-order valence-electron chi connectivity index (χ1n) is 19.3. The van der Waals surface area contributed by atoms with E-state index in [9.17, 15) is 0 Å². The highest BCUT2D eigenvalue weighted by Crippen LogP contribution is 2.53. The molecule has 0 bridgehead atoms. The summed E-state index contributed by atoms with van der Waals surface area (Å²) in [5.41, 5.74) is 14.0. The van der Waals surface area contributed by atoms with Gasteiger partial charge in [-0.1, -0.05) is 91.0 Å². The maximum absolute atomic E-state index is 7.27. The lowest BCUT2D eigenvalue weighted by Gasteiger charge is -2.43. The van der Waals surface area contributed by atoms with Crippen molar-refractivity contribution in [2.75, 3.05) is 14.7 Å². The van der Waals surface area contributed by atoms with Crippen molar-refractivity contribution in [2.24, 2.45) is 0 Å². The van der Waals surface area contributed by atoms with E-state index >= 15 is 0 Å². The van der Waals surface area contributed by atoms with E-state index in [1.807, 2.05) is 35.6 Å². The summed E-state index contributed by atoms with van der Waals surface area (Å²) in [5, 5.41) is 3.67. The minimum absolute atomic E-state index is 0.160. The normalized spacial score (nSPS) is 13.6. The first-order valence-corrected chi connectivity index (χ1v) is 20.1. The van der Waals surface area contributed by atoms with E-state index in [1.165, 1.54) is 31.1 Å². The molecule has 3 aliphatic rings. The van der Waals surface area contributed by atoms with Crippen LogP contribution in [0.5, 0.6) is 11.5 Å². The van der Waals surface area contributed by atoms with Gasteiger partial charge in [-0.2, -0.15) is 0 Å². The minimum atomic E-state index is -0.160. The van der Waals surface area contributed by atoms with E-state index in [1.54, 1.807) is 0 Å². The third-order valence-corrected chi connectivity index (χ3v) is 12.9. The van der Waals surface area contributed by atoms with E-state index in [0.29, 0.717) is 0 Å². The van der Waals surface area contributed by atoms with Gasteiger partial charge in [-0.25, -0.2) is 0 Å². The number of hydrogen-bond donors (Lipinski definition) is 0. The summed E-state index contributed by atoms with van der Waals surface area (Å²) in [7, 11) is 0. The Hall–Kier alpha value is -7.22. The molecule has 0 N–H and O–H groups in total. The Balaban J connectivity index is 1.13. The summed E-state index contributed by atoms with van der Waals surface area (Å²) in [5.74, 6) is 1.66. The van der Waals surface area contributed by atoms with Gasteiger partial charge in [0.15, 0.2) is 11.5 Å². The molecule has 57 heavy (non-hydrogen) atoms. The SMILES string of the molecule is c1ccc(N2c3cc(N4c5ccccc5Oc5ccccc54)ccc3B3c4oc5ccc6sc7ccccc7c6c5c4N(c4ccccc4)c4cccc2c43)cc1. The van der Waals surface area contributed by atoms with Gasteiger partial charge in [-0.3, -0.25) is 0 Å². The van der Waals surface area contributed by atoms with Gasteiger partial charge in [0, 0.05) is 54.3 Å². The molecule has 0 unspecified atom stereocenters. The van der Waals surface area contributed by atoms with Crippen LogP contribution in [0.2, 0.25) is 0 Å². The molecule has 0 spiro atoms. The molecule has 0 fully saturated rings. The lowest BCUT2D eigenvalue weighted by Crippen LogP contribution is -2.61. The molecule has 7 heteroatoms. The van der Waals surface area contributed by atoms with Crippen molar-refractivity contribution in [1.29, 1.82) is 0 Å². The van der Waals surface area contributed by atoms with Crippen LogP contribution in [-0.4, -0.2) is 6.71 Å². The van der Waals surface area contributed by atoms with E-state index in [0.717, 1.165) is 79.3 Å². The summed E-state index contributed by atoms with van der Waals surface area (Å²) >= 11 is 1.84. The van der Waals surface area contributed by atoms with Gasteiger partial charge in [-0.05, 0) is 102 Å². The summed E-state index contributed by atoms with van der Waals surface area (Å²) < 4.78 is 16.2. The quantitative estimate of drug-likeness (QED) is 0.168. The maximum Gasteiger partial charge on any atom is 0.297 e. The molecule has 266 valence electrons. The van der Waals surface area contributed by atoms with E-state index in [2.05, 4.69) is 172 Å². The Morgan fingerprint density at radius 3 is 1.81 bits per heavy atom. The second-order valence-corrected chi connectivity index (χ2v) is 15.9. The molecule has 0 atom stereocenters. The molecule has 0 aliphatic carbocycles. The number of para-hydroxylation sites is 6. The average molecular weight is 748 g/mol. The fourth-order valence-corrected chi connectivity index (χ4v) is 10.6. The monoisotopic (exact) mass is 747 g/mol. The first kappa shape index (κ1) is 31.0. The van der Waals surface area contributed by atoms with Gasteiger partial charge in [0.1, 0.15) is 5.58 Å². The van der Waals surface area contributed by atoms with E-state index in [-0.39, 0.29) is 6.71 Å². The van der Waals surface area contributed by atoms with Crippen molar-refractivity contribution in [3.8, 4) is 11.5 Å². The standard InChI is InChI=1S/C50H30BN3O2S/c1-3-14-31(15-4-1)52-38-21-13-22-39-48(38)51(35-27-26-33(30-40(35)52)53-36-19-8-10-23-41(36)55-42-24-11-9-20-37(42)53)50-49(54(39)32-16-5-2-6-17-32)47-43(56-50)28-29-45-46(47)34-18-7-12-25-44(34)57-45/h1-30H. The minimum Gasteiger partial charge on any atom is -0.468 e. The molecule has 0 saturated carbocycles. The second-order valence-electron chi connectivity index (χ2n) is 14.8. The Morgan fingerprint density at radius 1 is 0.439 bits per heavy atom. The van der Waals surface area contributed by atoms with Crippen molar-refractivity contribution in [1.82, 2.24) is 0 Å². The predicted molar refractivity (Wildman–Crippen MR) is 238 cm³/mol. The summed E-state index contributed by atoms with van der Waals surface area (Å²) in [6, 6.07) is 65.0. The van der Waals surface area contributed by atoms with Crippen LogP contribution in [0.3, 0.4) is 0 Å². The number of rotatable bonds is 3. The number of hydrogen-bond acceptors (Lipinski definition) is 6. The lowest BCUT2D eigenvalue weighted by molar-refractivity contribution is 0.477. The lowest BCUT2D eigenvalue weighted by atomic mass is 9.35. The van der Waals surface area contributed by atoms with Crippen molar-refractivity contribution in [3.05, 3.63) is 182 Å². The molecule has 0 saturated heterocycles. The Labute approximate surface area is 332 Å². The van der Waals surface area contributed by atoms with Crippen LogP contribution >= 0.6 is 11.3 Å². The Morgan fingerprint density at radius 2 is 1.05 bits per heavy atom. The molecule has 8 aromatic carbocycles. The van der Waals surface area contributed by atoms with Crippen LogP contribution in [0.15, 0.2) is 186 Å². The fourth-order valence-electron chi connectivity index (χ4n) is 9.52. The highest BCUT2D eigenvalue weighted by Gasteiger charge is 2.47. The van der Waals surface area contributed by atoms with Crippen LogP contribution in [0.1, 0.15) is 0 Å². The van der Waals surface area contributed by atoms with Crippen LogP contribution in [-0.2, 0) is 0 Å². The average Bonchev–Trinajstić information content (AvgIpc) is 3.84. The molecule has 5 heterocycles. The third kappa shape index (κ3) is 4.29. The molecular weight excluding hydrogens is 717 g/mol. The van der Waals surface area contributed by atoms with Gasteiger partial charge in [-0.15, -0.1) is 11.3 Å². The Kier molecular flexibility index (Phi) is 6.34. The van der Waals surface area contributed by atoms with Gasteiger partial charge in [0.25, 0.3) is 6.71 Å². The molecule has 0 amide bonds. The van der Waals surface area contributed by atoms with E-state index < -0.39 is 0 Å². The molecule has 10 aromatic rings. The van der Waals surface area contributed by atoms with E-state index in [4.69, 9.17) is 9.15 Å². The summed E-state index contributed by atoms with van der Waals surface area (Å²) in [4.78, 5) is 7.22. The van der Waals surface area contributed by atoms with Gasteiger partial charge in [0.2, 0.25) is 0 Å². The van der Waals surface area contributed by atoms with Crippen molar-refractivity contribution in [2.45, 2.75) is 0 Å². The van der Waals surface area contributed by atoms with Crippen LogP contribution in [0.25, 0.3) is 31.1 Å². The number of anilines is 9. The third-order valence-electron chi connectivity index (χ3n) is 11.8. The zero-order valence-electron chi connectivity index (χ0n) is 30.5. The van der Waals surface area contributed by atoms with Gasteiger partial charge in [0.05, 0.1) is 28.1 Å². The second kappa shape index (κ2) is 11.6. The summed E-state index contributed by atoms with van der Waals surface area (Å²) in [6.45, 7) is -0.160. The van der Waals surface area contributed by atoms with Gasteiger partial charge < -0.3 is 23.9 Å². The zero-order valence-corrected chi connectivity index (χ0v) is 31.3. The smallest absolute Gasteiger partial charge is 0.297 e. The highest BCUT2D eigenvalue weighted by molar-refractivity contribution is 7.26. The van der Waals surface area contributed by atoms with Gasteiger partial charge >= 0.3 is 0 Å². The molecule has 0 radical (unpaired) electrons. The predicted octanol–water partition coefficient (Wildman–Crippen LogP) is 12.5. The Bertz CT molecular complexity index is 3220. The maximum atomic E-state index is 7.27. The van der Waals surface area contributed by atoms with Crippen molar-refractivity contribution in [3.63, 3.8) is 0 Å². The largest absolute Gasteiger partial charge is 0.468 e. The number of furan rings is 1. The topological polar surface area (TPSA) is 32.1 Å². The molecular formula is C50H30BN3O2S. The molecule has 5 nitrogen and oxygen atoms in total. The first-order chi connectivity index (χ1) is 28.3.